The van der Waals surface area contributed by atoms with Crippen LogP contribution in [0.1, 0.15) is 31.2 Å². The first-order chi connectivity index (χ1) is 9.38. The van der Waals surface area contributed by atoms with Crippen molar-refractivity contribution in [1.29, 1.82) is 0 Å². The van der Waals surface area contributed by atoms with Gasteiger partial charge in [-0.25, -0.2) is 0 Å². The summed E-state index contributed by atoms with van der Waals surface area (Å²) in [7, 11) is 0. The first kappa shape index (κ1) is 11.2. The second-order valence-corrected chi connectivity index (χ2v) is 5.69. The second-order valence-electron chi connectivity index (χ2n) is 5.69. The first-order valence-electron chi connectivity index (χ1n) is 7.22. The number of rotatable bonds is 2. The Morgan fingerprint density at radius 2 is 1.58 bits per heavy atom. The van der Waals surface area contributed by atoms with Crippen LogP contribution in [0, 0.1) is 0 Å². The van der Waals surface area contributed by atoms with Crippen LogP contribution >= 0.6 is 0 Å². The molecule has 0 bridgehead atoms. The maximum absolute atomic E-state index is 6.00. The van der Waals surface area contributed by atoms with E-state index in [0.29, 0.717) is 6.10 Å². The van der Waals surface area contributed by atoms with Crippen molar-refractivity contribution in [3.05, 3.63) is 60.2 Å². The number of benzene rings is 2. The van der Waals surface area contributed by atoms with E-state index in [1.165, 1.54) is 42.4 Å². The fraction of sp³-hybridized carbons (Fsp3) is 0.333. The molecule has 2 aliphatic rings. The Bertz CT molecular complexity index is 572. The Balaban J connectivity index is 1.64. The van der Waals surface area contributed by atoms with Gasteiger partial charge in [0, 0.05) is 0 Å². The molecule has 2 aromatic rings. The van der Waals surface area contributed by atoms with Crippen molar-refractivity contribution in [3.8, 4) is 11.1 Å². The fourth-order valence-electron chi connectivity index (χ4n) is 3.42. The Labute approximate surface area is 114 Å². The SMILES string of the molecule is c1ccc(-c2ccc(C34CCCCC3O4)cc2)cc1. The van der Waals surface area contributed by atoms with Crippen molar-refractivity contribution in [2.45, 2.75) is 37.4 Å². The zero-order valence-corrected chi connectivity index (χ0v) is 11.0. The minimum atomic E-state index is 0.0769. The third-order valence-corrected chi connectivity index (χ3v) is 4.56. The van der Waals surface area contributed by atoms with Crippen LogP contribution in [0.15, 0.2) is 54.6 Å². The first-order valence-corrected chi connectivity index (χ1v) is 7.22. The van der Waals surface area contributed by atoms with Crippen molar-refractivity contribution < 1.29 is 4.74 Å². The maximum atomic E-state index is 6.00. The molecule has 1 heterocycles. The van der Waals surface area contributed by atoms with E-state index in [4.69, 9.17) is 4.74 Å². The molecular weight excluding hydrogens is 232 g/mol. The molecule has 0 spiro atoms. The van der Waals surface area contributed by atoms with Crippen LogP contribution in [0.3, 0.4) is 0 Å². The van der Waals surface area contributed by atoms with Crippen LogP contribution < -0.4 is 0 Å². The normalized spacial score (nSPS) is 28.7. The number of fused-ring (bicyclic) bond motifs is 1. The predicted octanol–water partition coefficient (Wildman–Crippen LogP) is 4.52. The van der Waals surface area contributed by atoms with Gasteiger partial charge in [-0.1, -0.05) is 67.4 Å². The van der Waals surface area contributed by atoms with E-state index in [9.17, 15) is 0 Å². The topological polar surface area (TPSA) is 12.5 Å². The van der Waals surface area contributed by atoms with E-state index in [0.717, 1.165) is 0 Å². The lowest BCUT2D eigenvalue weighted by atomic mass is 9.83. The number of ether oxygens (including phenoxy) is 1. The number of hydrogen-bond acceptors (Lipinski definition) is 1. The molecule has 0 radical (unpaired) electrons. The van der Waals surface area contributed by atoms with Gasteiger partial charge in [-0.2, -0.15) is 0 Å². The molecule has 1 nitrogen and oxygen atoms in total. The van der Waals surface area contributed by atoms with E-state index in [2.05, 4.69) is 54.6 Å². The molecule has 2 fully saturated rings. The molecule has 0 aromatic heterocycles. The van der Waals surface area contributed by atoms with Gasteiger partial charge in [0.2, 0.25) is 0 Å². The van der Waals surface area contributed by atoms with Gasteiger partial charge < -0.3 is 4.74 Å². The summed E-state index contributed by atoms with van der Waals surface area (Å²) >= 11 is 0. The Morgan fingerprint density at radius 1 is 0.842 bits per heavy atom. The Hall–Kier alpha value is -1.60. The Morgan fingerprint density at radius 3 is 2.32 bits per heavy atom. The summed E-state index contributed by atoms with van der Waals surface area (Å²) in [5.74, 6) is 0. The summed E-state index contributed by atoms with van der Waals surface area (Å²) in [6.45, 7) is 0. The van der Waals surface area contributed by atoms with E-state index in [-0.39, 0.29) is 5.60 Å². The monoisotopic (exact) mass is 250 g/mol. The van der Waals surface area contributed by atoms with Crippen LogP contribution in [0.4, 0.5) is 0 Å². The van der Waals surface area contributed by atoms with Crippen molar-refractivity contribution in [2.24, 2.45) is 0 Å². The smallest absolute Gasteiger partial charge is 0.120 e. The molecular formula is C18H18O. The van der Waals surface area contributed by atoms with Crippen molar-refractivity contribution in [3.63, 3.8) is 0 Å². The van der Waals surface area contributed by atoms with Gasteiger partial charge >= 0.3 is 0 Å². The third kappa shape index (κ3) is 1.81. The molecule has 4 rings (SSSR count). The highest BCUT2D eigenvalue weighted by Crippen LogP contribution is 2.55. The summed E-state index contributed by atoms with van der Waals surface area (Å²) in [5.41, 5.74) is 4.02. The largest absolute Gasteiger partial charge is 0.361 e. The molecule has 1 aliphatic heterocycles. The summed E-state index contributed by atoms with van der Waals surface area (Å²) in [5, 5.41) is 0. The minimum absolute atomic E-state index is 0.0769. The molecule has 0 N–H and O–H groups in total. The van der Waals surface area contributed by atoms with Crippen molar-refractivity contribution in [1.82, 2.24) is 0 Å². The Kier molecular flexibility index (Phi) is 2.49. The van der Waals surface area contributed by atoms with Crippen LogP contribution in [0.2, 0.25) is 0 Å². The highest BCUT2D eigenvalue weighted by molar-refractivity contribution is 5.63. The molecule has 2 aromatic carbocycles. The van der Waals surface area contributed by atoms with Crippen LogP contribution in [-0.2, 0) is 10.3 Å². The van der Waals surface area contributed by atoms with Crippen molar-refractivity contribution in [2.75, 3.05) is 0 Å². The highest BCUT2D eigenvalue weighted by atomic mass is 16.6. The zero-order valence-electron chi connectivity index (χ0n) is 11.0. The van der Waals surface area contributed by atoms with E-state index >= 15 is 0 Å². The van der Waals surface area contributed by atoms with Crippen molar-refractivity contribution >= 4 is 0 Å². The van der Waals surface area contributed by atoms with E-state index < -0.39 is 0 Å². The van der Waals surface area contributed by atoms with E-state index in [1.807, 2.05) is 0 Å². The van der Waals surface area contributed by atoms with Gasteiger partial charge in [0.1, 0.15) is 5.60 Å². The molecule has 0 amide bonds. The molecule has 1 heteroatoms. The van der Waals surface area contributed by atoms with Crippen LogP contribution in [-0.4, -0.2) is 6.10 Å². The van der Waals surface area contributed by atoms with Gasteiger partial charge in [0.15, 0.2) is 0 Å². The molecule has 2 unspecified atom stereocenters. The average Bonchev–Trinajstić information content (AvgIpc) is 3.24. The predicted molar refractivity (Wildman–Crippen MR) is 76.9 cm³/mol. The molecule has 1 saturated heterocycles. The van der Waals surface area contributed by atoms with E-state index in [1.54, 1.807) is 0 Å². The molecule has 19 heavy (non-hydrogen) atoms. The summed E-state index contributed by atoms with van der Waals surface area (Å²) in [6, 6.07) is 19.5. The van der Waals surface area contributed by atoms with Gasteiger partial charge in [0.25, 0.3) is 0 Å². The molecule has 96 valence electrons. The van der Waals surface area contributed by atoms with Gasteiger partial charge in [0.05, 0.1) is 6.10 Å². The standard InChI is InChI=1S/C18H18O/c1-2-6-14(7-3-1)15-9-11-16(12-10-15)18-13-5-4-8-17(18)19-18/h1-3,6-7,9-12,17H,4-5,8,13H2. The van der Waals surface area contributed by atoms with Gasteiger partial charge in [-0.3, -0.25) is 0 Å². The third-order valence-electron chi connectivity index (χ3n) is 4.56. The highest BCUT2D eigenvalue weighted by Gasteiger charge is 2.58. The summed E-state index contributed by atoms with van der Waals surface area (Å²) in [4.78, 5) is 0. The number of hydrogen-bond donors (Lipinski definition) is 0. The summed E-state index contributed by atoms with van der Waals surface area (Å²) < 4.78 is 6.00. The number of epoxide rings is 1. The quantitative estimate of drug-likeness (QED) is 0.714. The minimum Gasteiger partial charge on any atom is -0.361 e. The lowest BCUT2D eigenvalue weighted by Crippen LogP contribution is -2.16. The second kappa shape index (κ2) is 4.21. The zero-order chi connectivity index (χ0) is 12.7. The average molecular weight is 250 g/mol. The molecule has 1 saturated carbocycles. The lowest BCUT2D eigenvalue weighted by Gasteiger charge is -2.17. The van der Waals surface area contributed by atoms with Crippen LogP contribution in [0.25, 0.3) is 11.1 Å². The lowest BCUT2D eigenvalue weighted by molar-refractivity contribution is 0.289. The van der Waals surface area contributed by atoms with Gasteiger partial charge in [-0.05, 0) is 29.5 Å². The van der Waals surface area contributed by atoms with Crippen LogP contribution in [0.5, 0.6) is 0 Å². The van der Waals surface area contributed by atoms with Gasteiger partial charge in [-0.15, -0.1) is 0 Å². The maximum Gasteiger partial charge on any atom is 0.120 e. The molecule has 2 atom stereocenters. The fourth-order valence-corrected chi connectivity index (χ4v) is 3.42. The summed E-state index contributed by atoms with van der Waals surface area (Å²) in [6.07, 6.45) is 5.55. The molecule has 1 aliphatic carbocycles.